The van der Waals surface area contributed by atoms with Crippen molar-refractivity contribution in [2.45, 2.75) is 69.5 Å². The zero-order valence-corrected chi connectivity index (χ0v) is 24.4. The van der Waals surface area contributed by atoms with Gasteiger partial charge in [-0.15, -0.1) is 0 Å². The number of β-amino-alcohol motifs (C(OH)–C–C–N with tert-alkyl or cyclic N) is 1. The topological polar surface area (TPSA) is 137 Å². The number of aliphatic hydroxyl groups is 1. The van der Waals surface area contributed by atoms with Crippen molar-refractivity contribution in [3.63, 3.8) is 0 Å². The van der Waals surface area contributed by atoms with E-state index in [0.29, 0.717) is 42.7 Å². The van der Waals surface area contributed by atoms with E-state index in [9.17, 15) is 18.7 Å². The van der Waals surface area contributed by atoms with E-state index in [1.807, 2.05) is 9.47 Å². The summed E-state index contributed by atoms with van der Waals surface area (Å²) in [5.41, 5.74) is 7.40. The zero-order chi connectivity index (χ0) is 29.9. The number of fused-ring (bicyclic) bond motifs is 1. The van der Waals surface area contributed by atoms with Crippen molar-refractivity contribution in [3.8, 4) is 0 Å². The minimum absolute atomic E-state index is 0.0168. The molecule has 1 aliphatic heterocycles. The van der Waals surface area contributed by atoms with Crippen LogP contribution < -0.4 is 16.4 Å². The number of halogens is 2. The molecule has 232 valence electrons. The third-order valence-electron chi connectivity index (χ3n) is 9.23. The van der Waals surface area contributed by atoms with Gasteiger partial charge in [-0.2, -0.15) is 4.98 Å². The van der Waals surface area contributed by atoms with Crippen molar-refractivity contribution < 1.29 is 18.7 Å². The highest BCUT2D eigenvalue weighted by Crippen LogP contribution is 2.38. The Morgan fingerprint density at radius 3 is 2.44 bits per heavy atom. The summed E-state index contributed by atoms with van der Waals surface area (Å²) in [5, 5.41) is 15.7. The Morgan fingerprint density at radius 1 is 1.00 bits per heavy atom. The lowest BCUT2D eigenvalue weighted by atomic mass is 9.85. The summed E-state index contributed by atoms with van der Waals surface area (Å²) in [6.07, 6.45) is 8.41. The lowest BCUT2D eigenvalue weighted by Gasteiger charge is -2.38. The number of hydrogen-bond donors (Lipinski definition) is 4. The molecule has 1 saturated heterocycles. The molecular formula is C30H41F2N9O2. The van der Waals surface area contributed by atoms with E-state index in [1.54, 1.807) is 6.20 Å². The van der Waals surface area contributed by atoms with Gasteiger partial charge in [0, 0.05) is 62.8 Å². The number of rotatable bonds is 8. The molecule has 3 fully saturated rings. The van der Waals surface area contributed by atoms with E-state index in [-0.39, 0.29) is 42.2 Å². The Kier molecular flexibility index (Phi) is 9.01. The van der Waals surface area contributed by atoms with Crippen LogP contribution in [-0.2, 0) is 4.79 Å². The van der Waals surface area contributed by atoms with Gasteiger partial charge in [-0.05, 0) is 63.5 Å². The number of anilines is 3. The molecule has 0 unspecified atom stereocenters. The number of nitrogens with two attached hydrogens (primary N) is 1. The zero-order valence-electron chi connectivity index (χ0n) is 24.4. The number of piperazine rings is 1. The van der Waals surface area contributed by atoms with Crippen molar-refractivity contribution in [3.05, 3.63) is 36.0 Å². The first-order valence-corrected chi connectivity index (χ1v) is 15.5. The van der Waals surface area contributed by atoms with Gasteiger partial charge in [-0.3, -0.25) is 14.3 Å². The molecule has 2 saturated carbocycles. The van der Waals surface area contributed by atoms with Gasteiger partial charge in [0.2, 0.25) is 17.8 Å². The van der Waals surface area contributed by atoms with Crippen LogP contribution in [0.4, 0.5) is 26.4 Å². The third kappa shape index (κ3) is 6.73. The van der Waals surface area contributed by atoms with Crippen molar-refractivity contribution in [1.29, 1.82) is 0 Å². The molecule has 3 heterocycles. The van der Waals surface area contributed by atoms with Gasteiger partial charge < -0.3 is 26.4 Å². The minimum Gasteiger partial charge on any atom is -0.395 e. The van der Waals surface area contributed by atoms with E-state index >= 15 is 0 Å². The summed E-state index contributed by atoms with van der Waals surface area (Å²) in [6, 6.07) is 3.87. The molecule has 0 bridgehead atoms. The van der Waals surface area contributed by atoms with Crippen LogP contribution >= 0.6 is 0 Å². The van der Waals surface area contributed by atoms with Crippen molar-refractivity contribution >= 4 is 34.7 Å². The van der Waals surface area contributed by atoms with Gasteiger partial charge in [0.05, 0.1) is 18.5 Å². The predicted octanol–water partition coefficient (Wildman–Crippen LogP) is 3.40. The number of imidazole rings is 1. The lowest BCUT2D eigenvalue weighted by Crippen LogP contribution is -2.51. The maximum Gasteiger partial charge on any atom is 0.225 e. The summed E-state index contributed by atoms with van der Waals surface area (Å²) >= 11 is 0. The number of nitrogens with one attached hydrogen (secondary N) is 2. The van der Waals surface area contributed by atoms with Gasteiger partial charge in [-0.25, -0.2) is 18.7 Å². The summed E-state index contributed by atoms with van der Waals surface area (Å²) in [5.74, 6) is -0.296. The number of hydrogen-bond acceptors (Lipinski definition) is 9. The Balaban J connectivity index is 1.22. The molecule has 3 aliphatic rings. The molecule has 43 heavy (non-hydrogen) atoms. The Labute approximate surface area is 249 Å². The fraction of sp³-hybridized carbons (Fsp3) is 0.600. The molecule has 0 atom stereocenters. The number of carbonyl (C=O) groups excluding carboxylic acids is 1. The van der Waals surface area contributed by atoms with Crippen molar-refractivity contribution in [1.82, 2.24) is 29.3 Å². The monoisotopic (exact) mass is 597 g/mol. The number of aromatic nitrogens is 4. The molecule has 1 amide bonds. The van der Waals surface area contributed by atoms with Crippen LogP contribution in [0, 0.1) is 17.6 Å². The molecule has 13 heteroatoms. The first kappa shape index (κ1) is 29.6. The van der Waals surface area contributed by atoms with E-state index in [0.717, 1.165) is 70.5 Å². The number of nitrogens with zero attached hydrogens (tertiary/aromatic N) is 6. The fourth-order valence-corrected chi connectivity index (χ4v) is 6.72. The number of amides is 1. The van der Waals surface area contributed by atoms with Gasteiger partial charge in [0.1, 0.15) is 17.2 Å². The highest BCUT2D eigenvalue weighted by atomic mass is 19.1. The van der Waals surface area contributed by atoms with Gasteiger partial charge >= 0.3 is 0 Å². The molecule has 1 aromatic carbocycles. The SMILES string of the molecule is NC1CCC(Nc2ncc3nc(Nc4ccc(F)cc4F)n(C4CCC(C(=O)N5CCN(CCO)CC5)CC4)c3n2)CC1. The third-order valence-corrected chi connectivity index (χ3v) is 9.23. The van der Waals surface area contributed by atoms with Gasteiger partial charge in [0.15, 0.2) is 5.65 Å². The molecule has 2 aliphatic carbocycles. The second kappa shape index (κ2) is 13.1. The molecule has 5 N–H and O–H groups in total. The molecule has 0 spiro atoms. The fourth-order valence-electron chi connectivity index (χ4n) is 6.72. The van der Waals surface area contributed by atoms with E-state index in [2.05, 4.69) is 20.5 Å². The maximum absolute atomic E-state index is 14.7. The van der Waals surface area contributed by atoms with Crippen LogP contribution in [0.25, 0.3) is 11.2 Å². The van der Waals surface area contributed by atoms with Crippen LogP contribution in [0.1, 0.15) is 57.4 Å². The van der Waals surface area contributed by atoms with Crippen LogP contribution in [-0.4, -0.2) is 91.7 Å². The smallest absolute Gasteiger partial charge is 0.225 e. The molecule has 2 aromatic heterocycles. The second-order valence-corrected chi connectivity index (χ2v) is 12.1. The second-order valence-electron chi connectivity index (χ2n) is 12.1. The van der Waals surface area contributed by atoms with Crippen molar-refractivity contribution in [2.75, 3.05) is 50.0 Å². The quantitative estimate of drug-likeness (QED) is 0.308. The standard InChI is InChI=1S/C30H41F2N9O2/c31-20-3-10-25(24(32)17-20)36-30-37-26-18-34-29(35-22-6-4-21(33)5-7-22)38-27(26)41(30)23-8-1-19(2-9-23)28(43)40-13-11-39(12-14-40)15-16-42/h3,10,17-19,21-23,42H,1-2,4-9,11-16,33H2,(H,36,37)(H,34,35,38). The summed E-state index contributed by atoms with van der Waals surface area (Å²) in [4.78, 5) is 31.6. The summed E-state index contributed by atoms with van der Waals surface area (Å²) in [6.45, 7) is 3.69. The number of benzene rings is 1. The summed E-state index contributed by atoms with van der Waals surface area (Å²) < 4.78 is 30.3. The van der Waals surface area contributed by atoms with Crippen LogP contribution in [0.3, 0.4) is 0 Å². The Morgan fingerprint density at radius 2 is 1.74 bits per heavy atom. The molecule has 3 aromatic rings. The van der Waals surface area contributed by atoms with E-state index < -0.39 is 11.6 Å². The normalized spacial score (nSPS) is 25.2. The Hall–Kier alpha value is -3.42. The number of carbonyl (C=O) groups is 1. The predicted molar refractivity (Wildman–Crippen MR) is 160 cm³/mol. The number of aliphatic hydroxyl groups excluding tert-OH is 1. The first-order valence-electron chi connectivity index (χ1n) is 15.5. The average molecular weight is 598 g/mol. The maximum atomic E-state index is 14.7. The molecule has 6 rings (SSSR count). The molecule has 0 radical (unpaired) electrons. The molecular weight excluding hydrogens is 556 g/mol. The van der Waals surface area contributed by atoms with Crippen molar-refractivity contribution in [2.24, 2.45) is 11.7 Å². The van der Waals surface area contributed by atoms with E-state index in [1.165, 1.54) is 12.1 Å². The first-order chi connectivity index (χ1) is 20.9. The highest BCUT2D eigenvalue weighted by Gasteiger charge is 2.33. The van der Waals surface area contributed by atoms with Crippen LogP contribution in [0.15, 0.2) is 24.4 Å². The highest BCUT2D eigenvalue weighted by molar-refractivity contribution is 5.79. The van der Waals surface area contributed by atoms with Crippen LogP contribution in [0.5, 0.6) is 0 Å². The largest absolute Gasteiger partial charge is 0.395 e. The summed E-state index contributed by atoms with van der Waals surface area (Å²) in [7, 11) is 0. The average Bonchev–Trinajstić information content (AvgIpc) is 3.37. The Bertz CT molecular complexity index is 1410. The van der Waals surface area contributed by atoms with Gasteiger partial charge in [0.25, 0.3) is 0 Å². The van der Waals surface area contributed by atoms with Gasteiger partial charge in [-0.1, -0.05) is 0 Å². The molecule has 11 nitrogen and oxygen atoms in total. The lowest BCUT2D eigenvalue weighted by molar-refractivity contribution is -0.138. The van der Waals surface area contributed by atoms with E-state index in [4.69, 9.17) is 15.7 Å². The minimum atomic E-state index is -0.712. The van der Waals surface area contributed by atoms with Crippen LogP contribution in [0.2, 0.25) is 0 Å².